The molecule has 1 heterocycles. The zero-order valence-electron chi connectivity index (χ0n) is 15.3. The summed E-state index contributed by atoms with van der Waals surface area (Å²) in [6, 6.07) is 10.1. The largest absolute Gasteiger partial charge is 0.332 e. The van der Waals surface area contributed by atoms with Crippen LogP contribution >= 0.6 is 11.8 Å². The van der Waals surface area contributed by atoms with Crippen molar-refractivity contribution in [3.63, 3.8) is 0 Å². The van der Waals surface area contributed by atoms with Crippen LogP contribution in [0.1, 0.15) is 38.3 Å². The van der Waals surface area contributed by atoms with Gasteiger partial charge in [0.25, 0.3) is 0 Å². The number of hydrogen-bond donors (Lipinski definition) is 1. The molecule has 130 valence electrons. The fourth-order valence-electron chi connectivity index (χ4n) is 3.29. The second-order valence-corrected chi connectivity index (χ2v) is 7.75. The molecule has 3 nitrogen and oxygen atoms in total. The molecular formula is C19H26B2N2OS. The molecule has 25 heavy (non-hydrogen) atoms. The van der Waals surface area contributed by atoms with Crippen LogP contribution < -0.4 is 5.32 Å². The number of amides is 2. The number of nitrogens with zero attached hydrogens (tertiary/aromatic N) is 1. The van der Waals surface area contributed by atoms with Crippen LogP contribution in [0.25, 0.3) is 0 Å². The summed E-state index contributed by atoms with van der Waals surface area (Å²) >= 11 is 1.62. The van der Waals surface area contributed by atoms with Gasteiger partial charge in [0.1, 0.15) is 0 Å². The van der Waals surface area contributed by atoms with Crippen LogP contribution in [-0.2, 0) is 0 Å². The van der Waals surface area contributed by atoms with Crippen molar-refractivity contribution in [2.75, 3.05) is 12.8 Å². The molecular weight excluding hydrogens is 326 g/mol. The smallest absolute Gasteiger partial charge is 0.318 e. The van der Waals surface area contributed by atoms with E-state index in [9.17, 15) is 4.79 Å². The van der Waals surface area contributed by atoms with Crippen LogP contribution in [0, 0.1) is 5.92 Å². The molecule has 0 bridgehead atoms. The number of hydrogen-bond acceptors (Lipinski definition) is 2. The lowest BCUT2D eigenvalue weighted by atomic mass is 9.47. The highest BCUT2D eigenvalue weighted by Crippen LogP contribution is 2.43. The number of urea groups is 1. The lowest BCUT2D eigenvalue weighted by Crippen LogP contribution is -2.49. The highest BCUT2D eigenvalue weighted by atomic mass is 32.2. The zero-order chi connectivity index (χ0) is 18.4. The van der Waals surface area contributed by atoms with Crippen LogP contribution in [0.2, 0.25) is 5.21 Å². The third-order valence-electron chi connectivity index (χ3n) is 4.78. The van der Waals surface area contributed by atoms with E-state index in [-0.39, 0.29) is 24.0 Å². The van der Waals surface area contributed by atoms with E-state index < -0.39 is 5.21 Å². The number of carbonyl (C=O) groups excluding carboxylic acids is 1. The average molecular weight is 352 g/mol. The Morgan fingerprint density at radius 3 is 2.68 bits per heavy atom. The van der Waals surface area contributed by atoms with Crippen molar-refractivity contribution in [3.8, 4) is 0 Å². The second-order valence-electron chi connectivity index (χ2n) is 7.01. The van der Waals surface area contributed by atoms with Gasteiger partial charge in [0.2, 0.25) is 0 Å². The molecule has 1 N–H and O–H groups in total. The molecule has 0 aromatic heterocycles. The first-order valence-electron chi connectivity index (χ1n) is 8.72. The first-order valence-corrected chi connectivity index (χ1v) is 10.0. The van der Waals surface area contributed by atoms with Gasteiger partial charge in [0.05, 0.1) is 21.7 Å². The lowest BCUT2D eigenvalue weighted by Gasteiger charge is -2.45. The molecule has 1 aromatic rings. The molecule has 1 fully saturated rings. The molecule has 0 spiro atoms. The molecule has 2 amide bonds. The van der Waals surface area contributed by atoms with Gasteiger partial charge in [-0.1, -0.05) is 48.5 Å². The molecule has 6 heteroatoms. The number of nitrogens with one attached hydrogen (secondary N) is 1. The summed E-state index contributed by atoms with van der Waals surface area (Å²) in [5.74, 6) is 0.176. The monoisotopic (exact) mass is 352 g/mol. The third kappa shape index (κ3) is 5.60. The number of rotatable bonds is 5. The summed E-state index contributed by atoms with van der Waals surface area (Å²) in [5.41, 5.74) is 1.12. The third-order valence-corrected chi connectivity index (χ3v) is 5.21. The Balaban J connectivity index is 2.17. The van der Waals surface area contributed by atoms with Crippen molar-refractivity contribution >= 4 is 33.5 Å². The topological polar surface area (TPSA) is 32.3 Å². The first kappa shape index (κ1) is 20.0. The Labute approximate surface area is 158 Å². The highest BCUT2D eigenvalue weighted by Gasteiger charge is 2.36. The molecule has 1 aromatic carbocycles. The van der Waals surface area contributed by atoms with E-state index in [4.69, 9.17) is 15.7 Å². The lowest BCUT2D eigenvalue weighted by molar-refractivity contribution is 0.121. The van der Waals surface area contributed by atoms with Gasteiger partial charge in [0.15, 0.2) is 0 Å². The van der Waals surface area contributed by atoms with E-state index in [1.165, 1.54) is 0 Å². The molecule has 2 rings (SSSR count). The standard InChI is InChI=1S/C19H26B2N2OS/c1-14(10-12-25-3)22-18(24)23-11-9-16(19(2,20)21)13-17(23)15-7-5-4-6-8-15/h4-8,10,12,14,16-17H,9,11,13H2,1-3H3,(H,22,24)/b12-10+. The summed E-state index contributed by atoms with van der Waals surface area (Å²) in [5, 5.41) is 4.32. The number of carbonyl (C=O) groups is 1. The summed E-state index contributed by atoms with van der Waals surface area (Å²) in [4.78, 5) is 14.7. The fourth-order valence-corrected chi connectivity index (χ4v) is 3.68. The predicted molar refractivity (Wildman–Crippen MR) is 109 cm³/mol. The Kier molecular flexibility index (Phi) is 7.12. The molecule has 1 saturated heterocycles. The second kappa shape index (κ2) is 8.88. The van der Waals surface area contributed by atoms with Crippen molar-refractivity contribution in [2.45, 2.75) is 44.0 Å². The Morgan fingerprint density at radius 1 is 1.40 bits per heavy atom. The summed E-state index contributed by atoms with van der Waals surface area (Å²) in [7, 11) is 12.3. The van der Waals surface area contributed by atoms with Crippen molar-refractivity contribution in [3.05, 3.63) is 47.4 Å². The molecule has 1 aliphatic heterocycles. The van der Waals surface area contributed by atoms with Gasteiger partial charge in [-0.3, -0.25) is 0 Å². The van der Waals surface area contributed by atoms with Crippen LogP contribution in [0.5, 0.6) is 0 Å². The van der Waals surface area contributed by atoms with Gasteiger partial charge in [-0.15, -0.1) is 11.8 Å². The highest BCUT2D eigenvalue weighted by molar-refractivity contribution is 8.01. The van der Waals surface area contributed by atoms with Crippen molar-refractivity contribution in [2.24, 2.45) is 5.92 Å². The Morgan fingerprint density at radius 2 is 2.08 bits per heavy atom. The van der Waals surface area contributed by atoms with Gasteiger partial charge < -0.3 is 10.2 Å². The zero-order valence-corrected chi connectivity index (χ0v) is 16.1. The van der Waals surface area contributed by atoms with Crippen molar-refractivity contribution in [1.29, 1.82) is 0 Å². The molecule has 0 saturated carbocycles. The quantitative estimate of drug-likeness (QED) is 0.816. The van der Waals surface area contributed by atoms with E-state index in [2.05, 4.69) is 17.4 Å². The molecule has 3 unspecified atom stereocenters. The maximum Gasteiger partial charge on any atom is 0.318 e. The van der Waals surface area contributed by atoms with Gasteiger partial charge >= 0.3 is 6.03 Å². The molecule has 1 aliphatic rings. The van der Waals surface area contributed by atoms with E-state index in [1.54, 1.807) is 11.8 Å². The summed E-state index contributed by atoms with van der Waals surface area (Å²) in [6.45, 7) is 4.50. The van der Waals surface area contributed by atoms with Crippen molar-refractivity contribution in [1.82, 2.24) is 10.2 Å². The van der Waals surface area contributed by atoms with E-state index in [0.29, 0.717) is 6.54 Å². The number of piperidine rings is 1. The van der Waals surface area contributed by atoms with Gasteiger partial charge in [-0.2, -0.15) is 0 Å². The molecule has 3 atom stereocenters. The van der Waals surface area contributed by atoms with Crippen molar-refractivity contribution < 1.29 is 4.79 Å². The van der Waals surface area contributed by atoms with Crippen LogP contribution in [0.15, 0.2) is 41.8 Å². The average Bonchev–Trinajstić information content (AvgIpc) is 2.59. The Hall–Kier alpha value is -1.29. The SMILES string of the molecule is [B]C([B])(C)C1CCN(C(=O)NC(C)/C=C/SC)C(c2ccccc2)C1. The minimum atomic E-state index is -0.732. The maximum absolute atomic E-state index is 12.8. The fraction of sp³-hybridized carbons (Fsp3) is 0.526. The number of thioether (sulfide) groups is 1. The molecule has 4 radical (unpaired) electrons. The molecule has 0 aliphatic carbocycles. The minimum absolute atomic E-state index is 0.0108. The van der Waals surface area contributed by atoms with Crippen LogP contribution in [0.3, 0.4) is 0 Å². The number of benzene rings is 1. The van der Waals surface area contributed by atoms with Crippen LogP contribution in [-0.4, -0.2) is 45.5 Å². The summed E-state index contributed by atoms with van der Waals surface area (Å²) in [6.07, 6.45) is 5.58. The Bertz CT molecular complexity index is 589. The normalized spacial score (nSPS) is 22.8. The minimum Gasteiger partial charge on any atom is -0.332 e. The van der Waals surface area contributed by atoms with Crippen LogP contribution in [0.4, 0.5) is 4.79 Å². The van der Waals surface area contributed by atoms with E-state index in [1.807, 2.05) is 54.7 Å². The van der Waals surface area contributed by atoms with Gasteiger partial charge in [-0.05, 0) is 42.9 Å². The summed E-state index contributed by atoms with van der Waals surface area (Å²) < 4.78 is 0. The number of likely N-dealkylation sites (tertiary alicyclic amines) is 1. The van der Waals surface area contributed by atoms with E-state index >= 15 is 0 Å². The van der Waals surface area contributed by atoms with E-state index in [0.717, 1.165) is 18.4 Å². The van der Waals surface area contributed by atoms with Gasteiger partial charge in [-0.25, -0.2) is 4.79 Å². The van der Waals surface area contributed by atoms with Gasteiger partial charge in [0, 0.05) is 12.6 Å². The maximum atomic E-state index is 12.8. The predicted octanol–water partition coefficient (Wildman–Crippen LogP) is 3.89. The first-order chi connectivity index (χ1) is 11.8.